The summed E-state index contributed by atoms with van der Waals surface area (Å²) in [5.41, 5.74) is 6.00. The molecule has 2 rings (SSSR count). The summed E-state index contributed by atoms with van der Waals surface area (Å²) in [4.78, 5) is 12.5. The fraction of sp³-hybridized carbons (Fsp3) is 0.588. The molecule has 7 nitrogen and oxygen atoms in total. The molecule has 1 aromatic rings. The van der Waals surface area contributed by atoms with E-state index in [0.29, 0.717) is 50.4 Å². The SMILES string of the molecule is CCCCS(=O)(=O)N1CCCC1C(=O)Nc1ccc(OCCN)cc1. The first-order valence-electron chi connectivity index (χ1n) is 8.71. The van der Waals surface area contributed by atoms with E-state index >= 15 is 0 Å². The first kappa shape index (κ1) is 19.7. The van der Waals surface area contributed by atoms with Gasteiger partial charge in [0.25, 0.3) is 0 Å². The van der Waals surface area contributed by atoms with Crippen LogP contribution in [0.2, 0.25) is 0 Å². The lowest BCUT2D eigenvalue weighted by atomic mass is 10.2. The number of rotatable bonds is 9. The predicted octanol–water partition coefficient (Wildman–Crippen LogP) is 1.56. The molecule has 1 saturated heterocycles. The van der Waals surface area contributed by atoms with Crippen molar-refractivity contribution >= 4 is 21.6 Å². The minimum Gasteiger partial charge on any atom is -0.492 e. The number of ether oxygens (including phenoxy) is 1. The van der Waals surface area contributed by atoms with Crippen LogP contribution in [0.1, 0.15) is 32.6 Å². The maximum absolute atomic E-state index is 12.5. The van der Waals surface area contributed by atoms with E-state index in [-0.39, 0.29) is 11.7 Å². The first-order valence-corrected chi connectivity index (χ1v) is 10.3. The number of carbonyl (C=O) groups excluding carboxylic acids is 1. The number of unbranched alkanes of at least 4 members (excludes halogenated alkanes) is 1. The van der Waals surface area contributed by atoms with Gasteiger partial charge in [-0.2, -0.15) is 4.31 Å². The highest BCUT2D eigenvalue weighted by atomic mass is 32.2. The summed E-state index contributed by atoms with van der Waals surface area (Å²) in [5, 5.41) is 2.80. The topological polar surface area (TPSA) is 102 Å². The van der Waals surface area contributed by atoms with Gasteiger partial charge >= 0.3 is 0 Å². The van der Waals surface area contributed by atoms with Crippen molar-refractivity contribution < 1.29 is 17.9 Å². The lowest BCUT2D eigenvalue weighted by Crippen LogP contribution is -2.44. The number of anilines is 1. The number of benzene rings is 1. The van der Waals surface area contributed by atoms with Gasteiger partial charge in [-0.25, -0.2) is 8.42 Å². The van der Waals surface area contributed by atoms with Gasteiger partial charge in [0.15, 0.2) is 0 Å². The number of nitrogens with two attached hydrogens (primary N) is 1. The van der Waals surface area contributed by atoms with Crippen LogP contribution in [0.3, 0.4) is 0 Å². The minimum absolute atomic E-state index is 0.0977. The molecule has 0 aliphatic carbocycles. The largest absolute Gasteiger partial charge is 0.492 e. The Kier molecular flexibility index (Phi) is 7.22. The molecule has 1 heterocycles. The Morgan fingerprint density at radius 3 is 2.72 bits per heavy atom. The van der Waals surface area contributed by atoms with Gasteiger partial charge in [0.1, 0.15) is 18.4 Å². The van der Waals surface area contributed by atoms with E-state index in [9.17, 15) is 13.2 Å². The molecule has 0 aromatic heterocycles. The van der Waals surface area contributed by atoms with Crippen molar-refractivity contribution in [3.63, 3.8) is 0 Å². The van der Waals surface area contributed by atoms with E-state index in [1.54, 1.807) is 24.3 Å². The monoisotopic (exact) mass is 369 g/mol. The number of hydrogen-bond donors (Lipinski definition) is 2. The van der Waals surface area contributed by atoms with E-state index in [4.69, 9.17) is 10.5 Å². The van der Waals surface area contributed by atoms with Gasteiger partial charge in [-0.15, -0.1) is 0 Å². The zero-order chi connectivity index (χ0) is 18.3. The lowest BCUT2D eigenvalue weighted by Gasteiger charge is -2.23. The third-order valence-corrected chi connectivity index (χ3v) is 6.08. The standard InChI is InChI=1S/C17H27N3O4S/c1-2-3-13-25(22,23)20-11-4-5-16(20)17(21)19-14-6-8-15(9-7-14)24-12-10-18/h6-9,16H,2-5,10-13,18H2,1H3,(H,19,21). The zero-order valence-corrected chi connectivity index (χ0v) is 15.4. The Morgan fingerprint density at radius 1 is 1.36 bits per heavy atom. The van der Waals surface area contributed by atoms with Crippen LogP contribution in [0.15, 0.2) is 24.3 Å². The molecular formula is C17H27N3O4S. The Balaban J connectivity index is 1.99. The van der Waals surface area contributed by atoms with Gasteiger partial charge in [-0.3, -0.25) is 4.79 Å². The molecule has 1 aliphatic rings. The summed E-state index contributed by atoms with van der Waals surface area (Å²) in [6, 6.07) is 6.32. The predicted molar refractivity (Wildman–Crippen MR) is 98.0 cm³/mol. The molecule has 25 heavy (non-hydrogen) atoms. The summed E-state index contributed by atoms with van der Waals surface area (Å²) in [6.45, 7) is 3.22. The average molecular weight is 369 g/mol. The van der Waals surface area contributed by atoms with Crippen molar-refractivity contribution in [1.29, 1.82) is 0 Å². The molecule has 0 spiro atoms. The Bertz CT molecular complexity index is 661. The van der Waals surface area contributed by atoms with Crippen LogP contribution in [0.4, 0.5) is 5.69 Å². The normalized spacial score (nSPS) is 18.2. The smallest absolute Gasteiger partial charge is 0.242 e. The highest BCUT2D eigenvalue weighted by Crippen LogP contribution is 2.24. The molecule has 0 saturated carbocycles. The van der Waals surface area contributed by atoms with Crippen LogP contribution >= 0.6 is 0 Å². The summed E-state index contributed by atoms with van der Waals surface area (Å²) in [7, 11) is -3.38. The maximum Gasteiger partial charge on any atom is 0.242 e. The van der Waals surface area contributed by atoms with Crippen LogP contribution in [-0.4, -0.2) is 50.1 Å². The summed E-state index contributed by atoms with van der Waals surface area (Å²) >= 11 is 0. The third kappa shape index (κ3) is 5.42. The van der Waals surface area contributed by atoms with E-state index in [2.05, 4.69) is 5.32 Å². The Hall–Kier alpha value is -1.64. The van der Waals surface area contributed by atoms with Crippen LogP contribution in [0, 0.1) is 0 Å². The number of carbonyl (C=O) groups is 1. The molecule has 1 fully saturated rings. The van der Waals surface area contributed by atoms with Gasteiger partial charge in [0.2, 0.25) is 15.9 Å². The summed E-state index contributed by atoms with van der Waals surface area (Å²) in [6.07, 6.45) is 2.67. The highest BCUT2D eigenvalue weighted by molar-refractivity contribution is 7.89. The molecule has 1 aromatic carbocycles. The third-order valence-electron chi connectivity index (χ3n) is 4.13. The second kappa shape index (κ2) is 9.17. The summed E-state index contributed by atoms with van der Waals surface area (Å²) < 4.78 is 31.6. The second-order valence-electron chi connectivity index (χ2n) is 6.09. The van der Waals surface area contributed by atoms with Gasteiger partial charge in [-0.05, 0) is 43.5 Å². The van der Waals surface area contributed by atoms with Crippen LogP contribution < -0.4 is 15.8 Å². The van der Waals surface area contributed by atoms with Crippen molar-refractivity contribution in [2.45, 2.75) is 38.6 Å². The van der Waals surface area contributed by atoms with E-state index < -0.39 is 16.1 Å². The highest BCUT2D eigenvalue weighted by Gasteiger charge is 2.38. The molecule has 1 amide bonds. The summed E-state index contributed by atoms with van der Waals surface area (Å²) in [5.74, 6) is 0.488. The lowest BCUT2D eigenvalue weighted by molar-refractivity contribution is -0.119. The number of nitrogens with one attached hydrogen (secondary N) is 1. The fourth-order valence-corrected chi connectivity index (χ4v) is 4.70. The first-order chi connectivity index (χ1) is 12.0. The van der Waals surface area contributed by atoms with E-state index in [0.717, 1.165) is 6.42 Å². The average Bonchev–Trinajstić information content (AvgIpc) is 3.10. The van der Waals surface area contributed by atoms with Crippen molar-refractivity contribution in [2.75, 3.05) is 30.8 Å². The molecule has 0 radical (unpaired) electrons. The van der Waals surface area contributed by atoms with E-state index in [1.165, 1.54) is 4.31 Å². The minimum atomic E-state index is -3.38. The molecule has 8 heteroatoms. The number of nitrogens with zero attached hydrogens (tertiary/aromatic N) is 1. The molecule has 1 aliphatic heterocycles. The van der Waals surface area contributed by atoms with Gasteiger partial charge in [-0.1, -0.05) is 13.3 Å². The Morgan fingerprint density at radius 2 is 2.08 bits per heavy atom. The molecule has 1 atom stereocenters. The molecule has 140 valence electrons. The maximum atomic E-state index is 12.5. The van der Waals surface area contributed by atoms with Crippen LogP contribution in [-0.2, 0) is 14.8 Å². The van der Waals surface area contributed by atoms with Gasteiger partial charge in [0.05, 0.1) is 5.75 Å². The molecule has 1 unspecified atom stereocenters. The molecular weight excluding hydrogens is 342 g/mol. The van der Waals surface area contributed by atoms with Gasteiger partial charge < -0.3 is 15.8 Å². The fourth-order valence-electron chi connectivity index (χ4n) is 2.82. The second-order valence-corrected chi connectivity index (χ2v) is 8.13. The van der Waals surface area contributed by atoms with Crippen LogP contribution in [0.25, 0.3) is 0 Å². The molecule has 3 N–H and O–H groups in total. The van der Waals surface area contributed by atoms with Gasteiger partial charge in [0, 0.05) is 18.8 Å². The van der Waals surface area contributed by atoms with Crippen molar-refractivity contribution in [1.82, 2.24) is 4.31 Å². The number of hydrogen-bond acceptors (Lipinski definition) is 5. The molecule has 0 bridgehead atoms. The number of amides is 1. The number of sulfonamides is 1. The van der Waals surface area contributed by atoms with Crippen molar-refractivity contribution in [3.05, 3.63) is 24.3 Å². The van der Waals surface area contributed by atoms with Crippen molar-refractivity contribution in [2.24, 2.45) is 5.73 Å². The zero-order valence-electron chi connectivity index (χ0n) is 14.6. The van der Waals surface area contributed by atoms with Crippen LogP contribution in [0.5, 0.6) is 5.75 Å². The quantitative estimate of drug-likeness (QED) is 0.688. The van der Waals surface area contributed by atoms with Crippen molar-refractivity contribution in [3.8, 4) is 5.75 Å². The van der Waals surface area contributed by atoms with E-state index in [1.807, 2.05) is 6.92 Å². The Labute approximate surface area is 149 Å².